The highest BCUT2D eigenvalue weighted by atomic mass is 79.9. The quantitative estimate of drug-likeness (QED) is 0.878. The molecule has 0 saturated carbocycles. The highest BCUT2D eigenvalue weighted by Gasteiger charge is 2.00. The summed E-state index contributed by atoms with van der Waals surface area (Å²) in [5.41, 5.74) is 3.14. The molecule has 2 rings (SSSR count). The standard InChI is InChI=1S/C14H13BrFN/c1-10-5-6-14(13(15)7-10)17-9-11-3-2-4-12(16)8-11/h2-8,17H,9H2,1H3. The van der Waals surface area contributed by atoms with Gasteiger partial charge in [-0.3, -0.25) is 0 Å². The van der Waals surface area contributed by atoms with Gasteiger partial charge in [-0.2, -0.15) is 0 Å². The first-order valence-electron chi connectivity index (χ1n) is 5.39. The van der Waals surface area contributed by atoms with E-state index in [0.717, 1.165) is 15.7 Å². The molecule has 0 saturated heterocycles. The van der Waals surface area contributed by atoms with E-state index in [1.54, 1.807) is 6.07 Å². The van der Waals surface area contributed by atoms with Crippen molar-refractivity contribution in [3.8, 4) is 0 Å². The van der Waals surface area contributed by atoms with Crippen LogP contribution in [0.2, 0.25) is 0 Å². The Labute approximate surface area is 109 Å². The lowest BCUT2D eigenvalue weighted by molar-refractivity contribution is 0.626. The van der Waals surface area contributed by atoms with Gasteiger partial charge in [-0.25, -0.2) is 4.39 Å². The molecule has 0 aromatic heterocycles. The molecule has 0 amide bonds. The Hall–Kier alpha value is -1.35. The van der Waals surface area contributed by atoms with Crippen molar-refractivity contribution in [2.24, 2.45) is 0 Å². The van der Waals surface area contributed by atoms with E-state index in [-0.39, 0.29) is 5.82 Å². The molecule has 0 aliphatic rings. The van der Waals surface area contributed by atoms with Gasteiger partial charge >= 0.3 is 0 Å². The van der Waals surface area contributed by atoms with Crippen molar-refractivity contribution in [2.45, 2.75) is 13.5 Å². The second-order valence-electron chi connectivity index (χ2n) is 3.97. The predicted molar refractivity (Wildman–Crippen MR) is 72.6 cm³/mol. The number of benzene rings is 2. The summed E-state index contributed by atoms with van der Waals surface area (Å²) < 4.78 is 14.0. The molecule has 0 radical (unpaired) electrons. The Kier molecular flexibility index (Phi) is 3.79. The van der Waals surface area contributed by atoms with E-state index in [0.29, 0.717) is 6.54 Å². The summed E-state index contributed by atoms with van der Waals surface area (Å²) in [4.78, 5) is 0. The SMILES string of the molecule is Cc1ccc(NCc2cccc(F)c2)c(Br)c1. The molecule has 2 aromatic carbocycles. The minimum absolute atomic E-state index is 0.202. The fourth-order valence-electron chi connectivity index (χ4n) is 1.61. The van der Waals surface area contributed by atoms with Crippen molar-refractivity contribution >= 4 is 21.6 Å². The van der Waals surface area contributed by atoms with Gasteiger partial charge in [-0.15, -0.1) is 0 Å². The Morgan fingerprint density at radius 3 is 2.71 bits per heavy atom. The topological polar surface area (TPSA) is 12.0 Å². The Bertz CT molecular complexity index is 525. The number of anilines is 1. The Balaban J connectivity index is 2.07. The summed E-state index contributed by atoms with van der Waals surface area (Å²) in [6.07, 6.45) is 0. The van der Waals surface area contributed by atoms with E-state index in [1.165, 1.54) is 17.7 Å². The first kappa shape index (κ1) is 12.1. The van der Waals surface area contributed by atoms with Crippen molar-refractivity contribution in [1.82, 2.24) is 0 Å². The summed E-state index contributed by atoms with van der Waals surface area (Å²) in [6.45, 7) is 2.65. The highest BCUT2D eigenvalue weighted by Crippen LogP contribution is 2.23. The van der Waals surface area contributed by atoms with Crippen LogP contribution in [0.25, 0.3) is 0 Å². The van der Waals surface area contributed by atoms with Crippen LogP contribution in [0.5, 0.6) is 0 Å². The van der Waals surface area contributed by atoms with Crippen LogP contribution in [0.4, 0.5) is 10.1 Å². The maximum atomic E-state index is 13.0. The summed E-state index contributed by atoms with van der Waals surface area (Å²) in [6, 6.07) is 12.7. The third-order valence-corrected chi connectivity index (χ3v) is 3.15. The van der Waals surface area contributed by atoms with Crippen molar-refractivity contribution in [1.29, 1.82) is 0 Å². The number of aryl methyl sites for hydroxylation is 1. The van der Waals surface area contributed by atoms with Gasteiger partial charge in [0, 0.05) is 16.7 Å². The number of hydrogen-bond donors (Lipinski definition) is 1. The smallest absolute Gasteiger partial charge is 0.123 e. The number of rotatable bonds is 3. The van der Waals surface area contributed by atoms with Gasteiger partial charge in [0.2, 0.25) is 0 Å². The van der Waals surface area contributed by atoms with Crippen LogP contribution in [0.15, 0.2) is 46.9 Å². The van der Waals surface area contributed by atoms with Gasteiger partial charge in [0.25, 0.3) is 0 Å². The zero-order valence-corrected chi connectivity index (χ0v) is 11.1. The number of halogens is 2. The minimum atomic E-state index is -0.202. The fourth-order valence-corrected chi connectivity index (χ4v) is 2.24. The molecule has 0 spiro atoms. The summed E-state index contributed by atoms with van der Waals surface area (Å²) >= 11 is 3.50. The van der Waals surface area contributed by atoms with Crippen molar-refractivity contribution in [3.05, 3.63) is 63.9 Å². The lowest BCUT2D eigenvalue weighted by Gasteiger charge is -2.09. The molecule has 0 bridgehead atoms. The molecule has 0 aliphatic heterocycles. The van der Waals surface area contributed by atoms with Crippen LogP contribution in [0.1, 0.15) is 11.1 Å². The maximum Gasteiger partial charge on any atom is 0.123 e. The lowest BCUT2D eigenvalue weighted by atomic mass is 10.2. The Morgan fingerprint density at radius 1 is 1.18 bits per heavy atom. The van der Waals surface area contributed by atoms with Crippen LogP contribution >= 0.6 is 15.9 Å². The van der Waals surface area contributed by atoms with Crippen LogP contribution in [0, 0.1) is 12.7 Å². The first-order valence-corrected chi connectivity index (χ1v) is 6.19. The molecule has 1 nitrogen and oxygen atoms in total. The van der Waals surface area contributed by atoms with E-state index >= 15 is 0 Å². The molecule has 88 valence electrons. The molecule has 0 heterocycles. The molecule has 2 aromatic rings. The van der Waals surface area contributed by atoms with Gasteiger partial charge in [-0.05, 0) is 58.2 Å². The Morgan fingerprint density at radius 2 is 2.00 bits per heavy atom. The van der Waals surface area contributed by atoms with Crippen LogP contribution in [0.3, 0.4) is 0 Å². The minimum Gasteiger partial charge on any atom is -0.380 e. The second-order valence-corrected chi connectivity index (χ2v) is 4.82. The van der Waals surface area contributed by atoms with Crippen molar-refractivity contribution in [3.63, 3.8) is 0 Å². The van der Waals surface area contributed by atoms with E-state index in [2.05, 4.69) is 21.2 Å². The third kappa shape index (κ3) is 3.30. The van der Waals surface area contributed by atoms with Gasteiger partial charge in [0.15, 0.2) is 0 Å². The molecular formula is C14H13BrFN. The van der Waals surface area contributed by atoms with Crippen LogP contribution in [-0.2, 0) is 6.54 Å². The van der Waals surface area contributed by atoms with Gasteiger partial charge in [-0.1, -0.05) is 18.2 Å². The van der Waals surface area contributed by atoms with Crippen molar-refractivity contribution in [2.75, 3.05) is 5.32 Å². The largest absolute Gasteiger partial charge is 0.380 e. The monoisotopic (exact) mass is 293 g/mol. The second kappa shape index (κ2) is 5.32. The molecule has 1 N–H and O–H groups in total. The van der Waals surface area contributed by atoms with Crippen LogP contribution < -0.4 is 5.32 Å². The molecule has 17 heavy (non-hydrogen) atoms. The normalized spacial score (nSPS) is 10.3. The van der Waals surface area contributed by atoms with Gasteiger partial charge in [0.1, 0.15) is 5.82 Å². The molecule has 0 atom stereocenters. The van der Waals surface area contributed by atoms with E-state index in [4.69, 9.17) is 0 Å². The molecule has 3 heteroatoms. The van der Waals surface area contributed by atoms with E-state index in [9.17, 15) is 4.39 Å². The number of nitrogens with one attached hydrogen (secondary N) is 1. The van der Waals surface area contributed by atoms with E-state index in [1.807, 2.05) is 31.2 Å². The maximum absolute atomic E-state index is 13.0. The average Bonchev–Trinajstić information content (AvgIpc) is 2.28. The van der Waals surface area contributed by atoms with Gasteiger partial charge < -0.3 is 5.32 Å². The highest BCUT2D eigenvalue weighted by molar-refractivity contribution is 9.10. The zero-order valence-electron chi connectivity index (χ0n) is 9.50. The van der Waals surface area contributed by atoms with Crippen LogP contribution in [-0.4, -0.2) is 0 Å². The summed E-state index contributed by atoms with van der Waals surface area (Å²) in [5.74, 6) is -0.202. The fraction of sp³-hybridized carbons (Fsp3) is 0.143. The van der Waals surface area contributed by atoms with Crippen molar-refractivity contribution < 1.29 is 4.39 Å². The molecular weight excluding hydrogens is 281 g/mol. The lowest BCUT2D eigenvalue weighted by Crippen LogP contribution is -2.00. The average molecular weight is 294 g/mol. The zero-order chi connectivity index (χ0) is 12.3. The molecule has 0 aliphatic carbocycles. The molecule has 0 fully saturated rings. The van der Waals surface area contributed by atoms with Gasteiger partial charge in [0.05, 0.1) is 0 Å². The number of hydrogen-bond acceptors (Lipinski definition) is 1. The first-order chi connectivity index (χ1) is 8.15. The molecule has 0 unspecified atom stereocenters. The predicted octanol–water partition coefficient (Wildman–Crippen LogP) is 4.51. The summed E-state index contributed by atoms with van der Waals surface area (Å²) in [7, 11) is 0. The third-order valence-electron chi connectivity index (χ3n) is 2.50. The summed E-state index contributed by atoms with van der Waals surface area (Å²) in [5, 5.41) is 3.27. The van der Waals surface area contributed by atoms with E-state index < -0.39 is 0 Å².